The zero-order chi connectivity index (χ0) is 55.5. The Labute approximate surface area is 471 Å². The van der Waals surface area contributed by atoms with Crippen molar-refractivity contribution in [3.63, 3.8) is 0 Å². The number of carbonyl (C=O) groups excluding carboxylic acids is 1. The Kier molecular flexibility index (Phi) is 12.8. The second-order valence-electron chi connectivity index (χ2n) is 19.3. The molecule has 13 rings (SSSR count). The summed E-state index contributed by atoms with van der Waals surface area (Å²) in [5, 5.41) is 27.6. The number of carbonyl (C=O) groups is 1. The summed E-state index contributed by atoms with van der Waals surface area (Å²) in [4.78, 5) is 68.2. The molecule has 81 heavy (non-hydrogen) atoms. The molecule has 0 radical (unpaired) electrons. The highest BCUT2D eigenvalue weighted by molar-refractivity contribution is 6.34. The van der Waals surface area contributed by atoms with E-state index in [1.165, 1.54) is 6.20 Å². The van der Waals surface area contributed by atoms with Gasteiger partial charge < -0.3 is 24.7 Å². The predicted molar refractivity (Wildman–Crippen MR) is 314 cm³/mol. The first-order chi connectivity index (χ1) is 39.6. The Morgan fingerprint density at radius 3 is 2.07 bits per heavy atom. The fourth-order valence-electron chi connectivity index (χ4n) is 11.1. The lowest BCUT2D eigenvalue weighted by atomic mass is 9.92. The van der Waals surface area contributed by atoms with E-state index in [2.05, 4.69) is 32.4 Å². The number of rotatable bonds is 9. The van der Waals surface area contributed by atoms with Crippen LogP contribution in [0.2, 0.25) is 10.0 Å². The van der Waals surface area contributed by atoms with Crippen LogP contribution in [0.5, 0.6) is 0 Å². The van der Waals surface area contributed by atoms with Gasteiger partial charge in [-0.05, 0) is 64.7 Å². The van der Waals surface area contributed by atoms with Crippen molar-refractivity contribution in [3.05, 3.63) is 212 Å². The van der Waals surface area contributed by atoms with Crippen LogP contribution in [0, 0.1) is 22.7 Å². The van der Waals surface area contributed by atoms with Crippen LogP contribution in [0.1, 0.15) is 23.0 Å². The zero-order valence-corrected chi connectivity index (χ0v) is 44.3. The summed E-state index contributed by atoms with van der Waals surface area (Å²) in [6.07, 6.45) is 7.38. The van der Waals surface area contributed by atoms with Gasteiger partial charge in [-0.15, -0.1) is 0 Å². The summed E-state index contributed by atoms with van der Waals surface area (Å²) in [5.41, 5.74) is 7.57. The van der Waals surface area contributed by atoms with E-state index in [0.29, 0.717) is 131 Å². The summed E-state index contributed by atoms with van der Waals surface area (Å²) in [6, 6.07) is 44.4. The van der Waals surface area contributed by atoms with Gasteiger partial charge in [-0.25, -0.2) is 24.1 Å². The van der Waals surface area contributed by atoms with Gasteiger partial charge in [-0.3, -0.25) is 19.7 Å². The van der Waals surface area contributed by atoms with Crippen LogP contribution in [-0.4, -0.2) is 68.9 Å². The van der Waals surface area contributed by atoms with Crippen LogP contribution in [0.4, 0.5) is 22.0 Å². The maximum atomic E-state index is 14.6. The topological polar surface area (TPSA) is 208 Å². The normalized spacial score (nSPS) is 14.2. The number of nitrogens with zero attached hydrogens (tertiary/aromatic N) is 9. The Morgan fingerprint density at radius 1 is 0.642 bits per heavy atom. The molecule has 16 nitrogen and oxygen atoms in total. The molecule has 7 heterocycles. The van der Waals surface area contributed by atoms with E-state index in [4.69, 9.17) is 42.6 Å². The monoisotopic (exact) mass is 1100 g/mol. The number of benzene rings is 6. The molecule has 0 spiro atoms. The third-order valence-electron chi connectivity index (χ3n) is 14.8. The highest BCUT2D eigenvalue weighted by Crippen LogP contribution is 2.45. The van der Waals surface area contributed by atoms with Crippen molar-refractivity contribution in [1.82, 2.24) is 29.5 Å². The van der Waals surface area contributed by atoms with Crippen LogP contribution < -0.4 is 26.4 Å². The van der Waals surface area contributed by atoms with E-state index in [-0.39, 0.29) is 22.3 Å². The molecular formula is C63H41Cl2N11O5. The predicted octanol–water partition coefficient (Wildman–Crippen LogP) is 12.5. The number of hydrogen-bond donors (Lipinski definition) is 2. The van der Waals surface area contributed by atoms with E-state index >= 15 is 0 Å². The van der Waals surface area contributed by atoms with Gasteiger partial charge in [-0.2, -0.15) is 10.5 Å². The highest BCUT2D eigenvalue weighted by Gasteiger charge is 2.35. The number of aromatic amines is 1. The molecule has 1 saturated heterocycles. The molecule has 0 aliphatic carbocycles. The summed E-state index contributed by atoms with van der Waals surface area (Å²) < 4.78 is 12.6. The molecule has 392 valence electrons. The first-order valence-corrected chi connectivity index (χ1v) is 26.4. The van der Waals surface area contributed by atoms with Gasteiger partial charge in [0.2, 0.25) is 0 Å². The molecule has 1 atom stereocenters. The van der Waals surface area contributed by atoms with E-state index in [0.717, 1.165) is 15.3 Å². The van der Waals surface area contributed by atoms with Crippen LogP contribution in [-0.2, 0) is 9.47 Å². The minimum Gasteiger partial charge on any atom is -0.378 e. The van der Waals surface area contributed by atoms with E-state index in [1.807, 2.05) is 89.8 Å². The largest absolute Gasteiger partial charge is 0.378 e. The number of hydrogen-bond acceptors (Lipinski definition) is 12. The molecule has 2 aliphatic heterocycles. The zero-order valence-electron chi connectivity index (χ0n) is 42.8. The van der Waals surface area contributed by atoms with Gasteiger partial charge in [0, 0.05) is 104 Å². The van der Waals surface area contributed by atoms with Gasteiger partial charge in [0.05, 0.1) is 64.8 Å². The van der Waals surface area contributed by atoms with Crippen LogP contribution in [0.25, 0.3) is 93.9 Å². The fraction of sp³-hybridized carbons (Fsp3) is 0.0952. The number of aromatic nitrogens is 6. The summed E-state index contributed by atoms with van der Waals surface area (Å²) >= 11 is 14.0. The average molecular weight is 1100 g/mol. The molecule has 2 N–H and O–H groups in total. The van der Waals surface area contributed by atoms with Crippen molar-refractivity contribution < 1.29 is 14.3 Å². The molecule has 5 aromatic heterocycles. The second-order valence-corrected chi connectivity index (χ2v) is 20.1. The number of amides is 2. The number of morpholine rings is 1. The van der Waals surface area contributed by atoms with Gasteiger partial charge in [-0.1, -0.05) is 114 Å². The van der Waals surface area contributed by atoms with Gasteiger partial charge in [0.25, 0.3) is 5.56 Å². The summed E-state index contributed by atoms with van der Waals surface area (Å²) in [7, 11) is 1.55. The van der Waals surface area contributed by atoms with Crippen molar-refractivity contribution in [1.29, 1.82) is 10.5 Å². The molecule has 6 aromatic carbocycles. The van der Waals surface area contributed by atoms with Crippen molar-refractivity contribution in [3.8, 4) is 73.6 Å². The lowest BCUT2D eigenvalue weighted by Gasteiger charge is -2.36. The van der Waals surface area contributed by atoms with Gasteiger partial charge in [0.1, 0.15) is 23.7 Å². The smallest absolute Gasteiger partial charge is 0.333 e. The minimum atomic E-state index is -0.781. The van der Waals surface area contributed by atoms with Crippen molar-refractivity contribution >= 4 is 78.9 Å². The first-order valence-electron chi connectivity index (χ1n) is 25.6. The molecule has 11 aromatic rings. The molecular weight excluding hydrogens is 1060 g/mol. The molecule has 2 amide bonds. The van der Waals surface area contributed by atoms with Crippen molar-refractivity contribution in [2.24, 2.45) is 0 Å². The molecule has 1 fully saturated rings. The fourth-order valence-corrected chi connectivity index (χ4v) is 11.7. The van der Waals surface area contributed by atoms with Crippen molar-refractivity contribution in [2.45, 2.75) is 6.23 Å². The minimum absolute atomic E-state index is 0.0887. The molecule has 0 saturated carbocycles. The number of methoxy groups -OCH3 is 1. The number of pyridine rings is 4. The van der Waals surface area contributed by atoms with Crippen LogP contribution in [0.3, 0.4) is 0 Å². The Morgan fingerprint density at radius 2 is 1.33 bits per heavy atom. The Hall–Kier alpha value is -10.1. The molecule has 0 bridgehead atoms. The lowest BCUT2D eigenvalue weighted by molar-refractivity contribution is 0.103. The van der Waals surface area contributed by atoms with Crippen molar-refractivity contribution in [2.75, 3.05) is 48.5 Å². The second kappa shape index (κ2) is 20.6. The first kappa shape index (κ1) is 50.4. The van der Waals surface area contributed by atoms with Crippen LogP contribution in [0.15, 0.2) is 174 Å². The quantitative estimate of drug-likeness (QED) is 0.138. The van der Waals surface area contributed by atoms with E-state index in [1.54, 1.807) is 85.3 Å². The van der Waals surface area contributed by atoms with E-state index < -0.39 is 23.5 Å². The number of H-pyrrole nitrogens is 1. The maximum absolute atomic E-state index is 14.6. The number of halogens is 2. The third-order valence-corrected chi connectivity index (χ3v) is 15.5. The molecule has 1 unspecified atom stereocenters. The number of fused-ring (bicyclic) bond motifs is 4. The van der Waals surface area contributed by atoms with Gasteiger partial charge >= 0.3 is 11.7 Å². The third kappa shape index (κ3) is 8.67. The standard InChI is InChI=1S/C63H41Cl2N11O5/c1-80-61-47-19-17-36(27-52(47)73-63(79)76(61)54-33-68-30-37-8-2-3-9-41(37)54)57-43(13-7-15-50(57)65)40-25-48(53(29-67)69-31-40)58-45-11-5-4-10-44(45)55(34-70-58)75-60(77)46-18-16-35(26-51(46)72-62(75)78)56-42(12-6-14-49(56)64)39-24-38(28-66)59(71-32-39)74-20-22-81-23-21-74/h2-19,24-27,30-34,61H,20-23H2,1H3,(H,72,78)(H,73,79). The van der Waals surface area contributed by atoms with Crippen LogP contribution >= 0.6 is 23.2 Å². The number of nitrogens with one attached hydrogen (secondary N) is 2. The summed E-state index contributed by atoms with van der Waals surface area (Å²) in [6.45, 7) is 2.32. The number of nitriles is 2. The maximum Gasteiger partial charge on any atom is 0.333 e. The molecule has 2 aliphatic rings. The average Bonchev–Trinajstić information content (AvgIpc) is 3.69. The van der Waals surface area contributed by atoms with E-state index in [9.17, 15) is 24.9 Å². The Balaban J connectivity index is 0.856. The number of anilines is 3. The lowest BCUT2D eigenvalue weighted by Crippen LogP contribution is -2.43. The Bertz CT molecular complexity index is 4650. The number of urea groups is 1. The number of ether oxygens (including phenoxy) is 2. The van der Waals surface area contributed by atoms with Gasteiger partial charge in [0.15, 0.2) is 6.23 Å². The highest BCUT2D eigenvalue weighted by atomic mass is 35.5. The SMILES string of the molecule is COC1c2ccc(-c3c(Cl)cccc3-c3cnc(C#N)c(-c4ncc(-n5c(=O)[nH]c6cc(-c7c(Cl)cccc7-c7cnc(N8CCOCC8)c(C#N)c7)ccc6c5=O)c5ccccc45)c3)cc2NC(=O)N1c1cncc2ccccc12. The molecule has 18 heteroatoms. The summed E-state index contributed by atoms with van der Waals surface area (Å²) in [5.74, 6) is 0.583.